The van der Waals surface area contributed by atoms with E-state index >= 15 is 0 Å². The zero-order valence-corrected chi connectivity index (χ0v) is 13.5. The first-order valence-electron chi connectivity index (χ1n) is 7.17. The number of nitrogens with one attached hydrogen (secondary N) is 1. The lowest BCUT2D eigenvalue weighted by molar-refractivity contribution is -0.154. The molecule has 1 aliphatic heterocycles. The van der Waals surface area contributed by atoms with Crippen LogP contribution in [0.3, 0.4) is 0 Å². The average molecular weight is 312 g/mol. The van der Waals surface area contributed by atoms with E-state index in [1.54, 1.807) is 38.3 Å². The molecule has 1 aromatic heterocycles. The molecule has 2 rings (SSSR count). The number of likely N-dealkylation sites (N-methyl/N-ethyl adjacent to an activating group) is 1. The van der Waals surface area contributed by atoms with Gasteiger partial charge in [0.05, 0.1) is 37.7 Å². The van der Waals surface area contributed by atoms with Crippen LogP contribution in [-0.2, 0) is 26.1 Å². The molecule has 0 aromatic carbocycles. The molecule has 1 N–H and O–H groups in total. The number of rotatable bonds is 6. The van der Waals surface area contributed by atoms with Crippen LogP contribution in [0.5, 0.6) is 0 Å². The summed E-state index contributed by atoms with van der Waals surface area (Å²) in [6, 6.07) is -0.0386. The van der Waals surface area contributed by atoms with Crippen molar-refractivity contribution < 1.29 is 19.0 Å². The summed E-state index contributed by atoms with van der Waals surface area (Å²) in [5.74, 6) is -0.107. The number of aromatic nitrogens is 2. The van der Waals surface area contributed by atoms with E-state index < -0.39 is 0 Å². The number of hydrogen-bond acceptors (Lipinski definition) is 6. The predicted molar refractivity (Wildman–Crippen MR) is 80.7 cm³/mol. The molecule has 1 fully saturated rings. The topological polar surface area (TPSA) is 77.9 Å². The number of carbonyl (C=O) groups is 1. The number of aryl methyl sites for hydroxylation is 1. The molecule has 0 radical (unpaired) electrons. The lowest BCUT2D eigenvalue weighted by atomic mass is 10.0. The number of amides is 1. The first-order chi connectivity index (χ1) is 10.5. The van der Waals surface area contributed by atoms with Crippen molar-refractivity contribution in [3.63, 3.8) is 0 Å². The molecular weight excluding hydrogens is 288 g/mol. The normalized spacial score (nSPS) is 25.4. The van der Waals surface area contributed by atoms with Crippen molar-refractivity contribution in [2.45, 2.75) is 18.2 Å². The van der Waals surface area contributed by atoms with Gasteiger partial charge in [0, 0.05) is 27.5 Å². The summed E-state index contributed by atoms with van der Waals surface area (Å²) in [5, 5.41) is 6.83. The molecule has 8 nitrogen and oxygen atoms in total. The van der Waals surface area contributed by atoms with Crippen LogP contribution in [0.15, 0.2) is 12.4 Å². The minimum absolute atomic E-state index is 0.0386. The lowest BCUT2D eigenvalue weighted by Crippen LogP contribution is -2.57. The maximum atomic E-state index is 12.1. The summed E-state index contributed by atoms with van der Waals surface area (Å²) >= 11 is 0. The van der Waals surface area contributed by atoms with E-state index in [4.69, 9.17) is 14.2 Å². The third-order valence-electron chi connectivity index (χ3n) is 3.84. The van der Waals surface area contributed by atoms with Crippen LogP contribution in [0.2, 0.25) is 0 Å². The van der Waals surface area contributed by atoms with Gasteiger partial charge in [0.15, 0.2) is 0 Å². The summed E-state index contributed by atoms with van der Waals surface area (Å²) in [4.78, 5) is 14.0. The Morgan fingerprint density at radius 3 is 2.86 bits per heavy atom. The van der Waals surface area contributed by atoms with Crippen LogP contribution in [-0.4, -0.2) is 79.9 Å². The van der Waals surface area contributed by atoms with Gasteiger partial charge in [-0.3, -0.25) is 14.4 Å². The standard InChI is InChI=1S/C14H24N4O4/c1-17(7-13(19)16-10-5-15-18(2)6-10)11-8-22-9-12(20-3)14(11)21-4/h5-6,11-12,14H,7-9H2,1-4H3,(H,16,19)/t11-,12-,14+/m1/s1. The molecule has 0 bridgehead atoms. The fourth-order valence-corrected chi connectivity index (χ4v) is 2.66. The second-order valence-electron chi connectivity index (χ2n) is 5.45. The quantitative estimate of drug-likeness (QED) is 0.778. The number of hydrogen-bond donors (Lipinski definition) is 1. The van der Waals surface area contributed by atoms with Crippen molar-refractivity contribution in [2.75, 3.05) is 46.3 Å². The number of nitrogens with zero attached hydrogens (tertiary/aromatic N) is 3. The van der Waals surface area contributed by atoms with Gasteiger partial charge in [0.1, 0.15) is 12.2 Å². The van der Waals surface area contributed by atoms with Gasteiger partial charge in [0.2, 0.25) is 5.91 Å². The highest BCUT2D eigenvalue weighted by molar-refractivity contribution is 5.91. The Balaban J connectivity index is 1.92. The first-order valence-corrected chi connectivity index (χ1v) is 7.17. The van der Waals surface area contributed by atoms with Crippen LogP contribution < -0.4 is 5.32 Å². The molecule has 22 heavy (non-hydrogen) atoms. The van der Waals surface area contributed by atoms with Crippen molar-refractivity contribution in [1.82, 2.24) is 14.7 Å². The Bertz CT molecular complexity index is 493. The largest absolute Gasteiger partial charge is 0.377 e. The average Bonchev–Trinajstić information content (AvgIpc) is 2.90. The van der Waals surface area contributed by atoms with Gasteiger partial charge in [-0.25, -0.2) is 0 Å². The van der Waals surface area contributed by atoms with Gasteiger partial charge in [-0.1, -0.05) is 0 Å². The van der Waals surface area contributed by atoms with E-state index in [0.717, 1.165) is 0 Å². The minimum Gasteiger partial charge on any atom is -0.377 e. The van der Waals surface area contributed by atoms with E-state index in [1.807, 2.05) is 11.9 Å². The summed E-state index contributed by atoms with van der Waals surface area (Å²) in [7, 11) is 6.96. The molecule has 1 aliphatic rings. The first kappa shape index (κ1) is 16.9. The van der Waals surface area contributed by atoms with Gasteiger partial charge in [-0.05, 0) is 7.05 Å². The van der Waals surface area contributed by atoms with E-state index in [-0.39, 0.29) is 30.7 Å². The van der Waals surface area contributed by atoms with Crippen molar-refractivity contribution >= 4 is 11.6 Å². The highest BCUT2D eigenvalue weighted by Gasteiger charge is 2.37. The number of carbonyl (C=O) groups excluding carboxylic acids is 1. The molecule has 0 aliphatic carbocycles. The number of ether oxygens (including phenoxy) is 3. The van der Waals surface area contributed by atoms with Gasteiger partial charge in [-0.2, -0.15) is 5.10 Å². The van der Waals surface area contributed by atoms with E-state index in [2.05, 4.69) is 10.4 Å². The smallest absolute Gasteiger partial charge is 0.238 e. The Morgan fingerprint density at radius 1 is 1.50 bits per heavy atom. The predicted octanol–water partition coefficient (Wildman–Crippen LogP) is -0.281. The van der Waals surface area contributed by atoms with Crippen molar-refractivity contribution in [3.8, 4) is 0 Å². The van der Waals surface area contributed by atoms with Crippen LogP contribution in [0.25, 0.3) is 0 Å². The molecule has 0 unspecified atom stereocenters. The fourth-order valence-electron chi connectivity index (χ4n) is 2.66. The number of anilines is 1. The summed E-state index contributed by atoms with van der Waals surface area (Å²) in [6.45, 7) is 1.25. The van der Waals surface area contributed by atoms with E-state index in [0.29, 0.717) is 18.9 Å². The summed E-state index contributed by atoms with van der Waals surface area (Å²) in [6.07, 6.45) is 3.10. The second-order valence-corrected chi connectivity index (χ2v) is 5.45. The molecule has 3 atom stereocenters. The van der Waals surface area contributed by atoms with Crippen molar-refractivity contribution in [2.24, 2.45) is 7.05 Å². The Kier molecular flexibility index (Phi) is 5.90. The maximum absolute atomic E-state index is 12.1. The molecule has 1 saturated heterocycles. The molecule has 2 heterocycles. The number of methoxy groups -OCH3 is 2. The van der Waals surface area contributed by atoms with Crippen LogP contribution in [0.1, 0.15) is 0 Å². The van der Waals surface area contributed by atoms with Gasteiger partial charge in [0.25, 0.3) is 0 Å². The Morgan fingerprint density at radius 2 is 2.27 bits per heavy atom. The third kappa shape index (κ3) is 4.04. The van der Waals surface area contributed by atoms with Gasteiger partial charge >= 0.3 is 0 Å². The molecule has 8 heteroatoms. The van der Waals surface area contributed by atoms with Crippen LogP contribution >= 0.6 is 0 Å². The summed E-state index contributed by atoms with van der Waals surface area (Å²) < 4.78 is 18.1. The van der Waals surface area contributed by atoms with Gasteiger partial charge < -0.3 is 19.5 Å². The molecule has 1 aromatic rings. The highest BCUT2D eigenvalue weighted by atomic mass is 16.6. The molecule has 1 amide bonds. The maximum Gasteiger partial charge on any atom is 0.238 e. The lowest BCUT2D eigenvalue weighted by Gasteiger charge is -2.40. The molecule has 0 spiro atoms. The van der Waals surface area contributed by atoms with Crippen molar-refractivity contribution in [3.05, 3.63) is 12.4 Å². The zero-order valence-electron chi connectivity index (χ0n) is 13.5. The SMILES string of the molecule is CO[C@H]1[C@H](N(C)CC(=O)Nc2cnn(C)c2)COC[C@H]1OC. The minimum atomic E-state index is -0.132. The highest BCUT2D eigenvalue weighted by Crippen LogP contribution is 2.18. The molecule has 0 saturated carbocycles. The Hall–Kier alpha value is -1.48. The zero-order chi connectivity index (χ0) is 16.1. The van der Waals surface area contributed by atoms with Gasteiger partial charge in [-0.15, -0.1) is 0 Å². The summed E-state index contributed by atoms with van der Waals surface area (Å²) in [5.41, 5.74) is 0.679. The van der Waals surface area contributed by atoms with E-state index in [1.165, 1.54) is 0 Å². The third-order valence-corrected chi connectivity index (χ3v) is 3.84. The monoisotopic (exact) mass is 312 g/mol. The fraction of sp³-hybridized carbons (Fsp3) is 0.714. The van der Waals surface area contributed by atoms with Crippen LogP contribution in [0, 0.1) is 0 Å². The van der Waals surface area contributed by atoms with Crippen LogP contribution in [0.4, 0.5) is 5.69 Å². The van der Waals surface area contributed by atoms with Crippen molar-refractivity contribution in [1.29, 1.82) is 0 Å². The second kappa shape index (κ2) is 7.68. The van der Waals surface area contributed by atoms with E-state index in [9.17, 15) is 4.79 Å². The molecular formula is C14H24N4O4. The molecule has 124 valence electrons. The Labute approximate surface area is 130 Å².